The van der Waals surface area contributed by atoms with Crippen LogP contribution in [0.1, 0.15) is 12.8 Å². The SMILES string of the molecule is C=CCN(CC=C)CC1CCC(CN(CC=C)CC=C)O1. The molecular formula is C18H30N2O. The minimum Gasteiger partial charge on any atom is -0.372 e. The van der Waals surface area contributed by atoms with Gasteiger partial charge in [-0.25, -0.2) is 0 Å². The Morgan fingerprint density at radius 2 is 1.05 bits per heavy atom. The molecule has 118 valence electrons. The fourth-order valence-corrected chi connectivity index (χ4v) is 2.80. The number of ether oxygens (including phenoxy) is 1. The molecule has 1 aliphatic rings. The molecule has 0 saturated carbocycles. The maximum atomic E-state index is 6.19. The molecule has 0 radical (unpaired) electrons. The van der Waals surface area contributed by atoms with E-state index in [1.807, 2.05) is 24.3 Å². The maximum absolute atomic E-state index is 6.19. The molecule has 2 unspecified atom stereocenters. The Bertz CT molecular complexity index is 288. The quantitative estimate of drug-likeness (QED) is 0.514. The predicted molar refractivity (Wildman–Crippen MR) is 91.6 cm³/mol. The third kappa shape index (κ3) is 6.89. The lowest BCUT2D eigenvalue weighted by molar-refractivity contribution is 0.0122. The number of hydrogen-bond acceptors (Lipinski definition) is 3. The Labute approximate surface area is 130 Å². The molecule has 0 N–H and O–H groups in total. The predicted octanol–water partition coefficient (Wildman–Crippen LogP) is 2.88. The molecule has 1 heterocycles. The lowest BCUT2D eigenvalue weighted by Gasteiger charge is -2.25. The zero-order chi connectivity index (χ0) is 15.5. The van der Waals surface area contributed by atoms with E-state index in [9.17, 15) is 0 Å². The van der Waals surface area contributed by atoms with Gasteiger partial charge in [0.15, 0.2) is 0 Å². The van der Waals surface area contributed by atoms with Crippen LogP contribution in [-0.2, 0) is 4.74 Å². The highest BCUT2D eigenvalue weighted by atomic mass is 16.5. The van der Waals surface area contributed by atoms with E-state index in [1.165, 1.54) is 0 Å². The largest absolute Gasteiger partial charge is 0.372 e. The first-order valence-electron chi connectivity index (χ1n) is 7.77. The van der Waals surface area contributed by atoms with Crippen molar-refractivity contribution < 1.29 is 4.74 Å². The zero-order valence-corrected chi connectivity index (χ0v) is 13.3. The van der Waals surface area contributed by atoms with Crippen LogP contribution < -0.4 is 0 Å². The molecule has 3 nitrogen and oxygen atoms in total. The van der Waals surface area contributed by atoms with Gasteiger partial charge in [0, 0.05) is 39.3 Å². The number of nitrogens with zero attached hydrogens (tertiary/aromatic N) is 2. The van der Waals surface area contributed by atoms with Crippen molar-refractivity contribution in [1.82, 2.24) is 9.80 Å². The monoisotopic (exact) mass is 290 g/mol. The summed E-state index contributed by atoms with van der Waals surface area (Å²) in [5.41, 5.74) is 0. The van der Waals surface area contributed by atoms with E-state index < -0.39 is 0 Å². The summed E-state index contributed by atoms with van der Waals surface area (Å²) in [7, 11) is 0. The van der Waals surface area contributed by atoms with Crippen molar-refractivity contribution in [1.29, 1.82) is 0 Å². The second-order valence-electron chi connectivity index (χ2n) is 5.55. The van der Waals surface area contributed by atoms with Crippen molar-refractivity contribution in [3.05, 3.63) is 50.6 Å². The highest BCUT2D eigenvalue weighted by Crippen LogP contribution is 2.21. The third-order valence-electron chi connectivity index (χ3n) is 3.67. The summed E-state index contributed by atoms with van der Waals surface area (Å²) in [5, 5.41) is 0. The van der Waals surface area contributed by atoms with Gasteiger partial charge in [0.25, 0.3) is 0 Å². The summed E-state index contributed by atoms with van der Waals surface area (Å²) in [6.45, 7) is 20.7. The van der Waals surface area contributed by atoms with Crippen molar-refractivity contribution in [2.45, 2.75) is 25.0 Å². The number of hydrogen-bond donors (Lipinski definition) is 0. The Morgan fingerprint density at radius 3 is 1.33 bits per heavy atom. The van der Waals surface area contributed by atoms with Crippen LogP contribution in [0.25, 0.3) is 0 Å². The molecule has 1 fully saturated rings. The molecule has 2 atom stereocenters. The minimum absolute atomic E-state index is 0.323. The number of rotatable bonds is 12. The van der Waals surface area contributed by atoms with Crippen molar-refractivity contribution in [2.24, 2.45) is 0 Å². The van der Waals surface area contributed by atoms with Gasteiger partial charge in [-0.3, -0.25) is 9.80 Å². The van der Waals surface area contributed by atoms with Gasteiger partial charge in [0.05, 0.1) is 12.2 Å². The second kappa shape index (κ2) is 10.6. The van der Waals surface area contributed by atoms with Crippen LogP contribution in [0.2, 0.25) is 0 Å². The standard InChI is InChI=1S/C18H30N2O/c1-5-11-19(12-6-2)15-17-9-10-18(21-17)16-20(13-7-3)14-8-4/h5-8,17-18H,1-4,9-16H2. The van der Waals surface area contributed by atoms with Crippen LogP contribution in [0.5, 0.6) is 0 Å². The fourth-order valence-electron chi connectivity index (χ4n) is 2.80. The fraction of sp³-hybridized carbons (Fsp3) is 0.556. The van der Waals surface area contributed by atoms with E-state index in [-0.39, 0.29) is 0 Å². The molecule has 0 spiro atoms. The van der Waals surface area contributed by atoms with Gasteiger partial charge in [-0.2, -0.15) is 0 Å². The van der Waals surface area contributed by atoms with Crippen molar-refractivity contribution in [3.8, 4) is 0 Å². The topological polar surface area (TPSA) is 15.7 Å². The van der Waals surface area contributed by atoms with Crippen molar-refractivity contribution >= 4 is 0 Å². The molecule has 0 aromatic carbocycles. The normalized spacial score (nSPS) is 21.6. The van der Waals surface area contributed by atoms with Gasteiger partial charge < -0.3 is 4.74 Å². The molecule has 3 heteroatoms. The van der Waals surface area contributed by atoms with Crippen LogP contribution in [0.15, 0.2) is 50.6 Å². The van der Waals surface area contributed by atoms with Crippen LogP contribution in [0, 0.1) is 0 Å². The van der Waals surface area contributed by atoms with Crippen molar-refractivity contribution in [3.63, 3.8) is 0 Å². The zero-order valence-electron chi connectivity index (χ0n) is 13.3. The van der Waals surface area contributed by atoms with Gasteiger partial charge in [-0.05, 0) is 12.8 Å². The third-order valence-corrected chi connectivity index (χ3v) is 3.67. The Morgan fingerprint density at radius 1 is 0.714 bits per heavy atom. The van der Waals surface area contributed by atoms with Gasteiger partial charge in [0.1, 0.15) is 0 Å². The molecule has 1 rings (SSSR count). The second-order valence-corrected chi connectivity index (χ2v) is 5.55. The summed E-state index contributed by atoms with van der Waals surface area (Å²) in [5.74, 6) is 0. The average molecular weight is 290 g/mol. The van der Waals surface area contributed by atoms with Crippen LogP contribution >= 0.6 is 0 Å². The Balaban J connectivity index is 2.39. The molecule has 0 amide bonds. The first-order chi connectivity index (χ1) is 10.2. The summed E-state index contributed by atoms with van der Waals surface area (Å²) in [6, 6.07) is 0. The van der Waals surface area contributed by atoms with E-state index in [1.54, 1.807) is 0 Å². The van der Waals surface area contributed by atoms with E-state index in [2.05, 4.69) is 36.1 Å². The summed E-state index contributed by atoms with van der Waals surface area (Å²) in [4.78, 5) is 4.64. The van der Waals surface area contributed by atoms with Gasteiger partial charge in [-0.15, -0.1) is 26.3 Å². The van der Waals surface area contributed by atoms with Gasteiger partial charge in [-0.1, -0.05) is 24.3 Å². The highest BCUT2D eigenvalue weighted by Gasteiger charge is 2.27. The average Bonchev–Trinajstić information content (AvgIpc) is 2.87. The first-order valence-corrected chi connectivity index (χ1v) is 7.77. The lowest BCUT2D eigenvalue weighted by atomic mass is 10.1. The summed E-state index contributed by atoms with van der Waals surface area (Å²) in [6.07, 6.45) is 10.7. The molecule has 1 aliphatic heterocycles. The molecular weight excluding hydrogens is 260 g/mol. The minimum atomic E-state index is 0.323. The molecule has 1 saturated heterocycles. The van der Waals surface area contributed by atoms with Crippen LogP contribution in [0.4, 0.5) is 0 Å². The Kier molecular flexibility index (Phi) is 8.99. The van der Waals surface area contributed by atoms with Crippen LogP contribution in [-0.4, -0.2) is 61.3 Å². The molecule has 21 heavy (non-hydrogen) atoms. The molecule has 0 bridgehead atoms. The van der Waals surface area contributed by atoms with Gasteiger partial charge >= 0.3 is 0 Å². The smallest absolute Gasteiger partial charge is 0.0707 e. The summed E-state index contributed by atoms with van der Waals surface area (Å²) >= 11 is 0. The summed E-state index contributed by atoms with van der Waals surface area (Å²) < 4.78 is 6.19. The highest BCUT2D eigenvalue weighted by molar-refractivity contribution is 4.86. The van der Waals surface area contributed by atoms with E-state index in [4.69, 9.17) is 4.74 Å². The van der Waals surface area contributed by atoms with E-state index in [0.29, 0.717) is 12.2 Å². The van der Waals surface area contributed by atoms with Gasteiger partial charge in [0.2, 0.25) is 0 Å². The van der Waals surface area contributed by atoms with Crippen molar-refractivity contribution in [2.75, 3.05) is 39.3 Å². The molecule has 0 aromatic rings. The van der Waals surface area contributed by atoms with Crippen LogP contribution in [0.3, 0.4) is 0 Å². The molecule has 0 aliphatic carbocycles. The van der Waals surface area contributed by atoms with E-state index >= 15 is 0 Å². The molecule has 0 aromatic heterocycles. The lowest BCUT2D eigenvalue weighted by Crippen LogP contribution is -2.35. The maximum Gasteiger partial charge on any atom is 0.0707 e. The van der Waals surface area contributed by atoms with E-state index in [0.717, 1.165) is 52.1 Å². The Hall–Kier alpha value is -1.16. The first kappa shape index (κ1) is 17.9.